The Morgan fingerprint density at radius 2 is 2.31 bits per heavy atom. The predicted molar refractivity (Wildman–Crippen MR) is 63.2 cm³/mol. The van der Waals surface area contributed by atoms with Gasteiger partial charge in [0.25, 0.3) is 5.91 Å². The molecule has 5 heteroatoms. The summed E-state index contributed by atoms with van der Waals surface area (Å²) in [5.41, 5.74) is 7.18. The smallest absolute Gasteiger partial charge is 0.257 e. The molecule has 0 aliphatic carbocycles. The topological polar surface area (TPSA) is 64.2 Å². The van der Waals surface area contributed by atoms with Crippen LogP contribution in [-0.2, 0) is 13.5 Å². The molecule has 0 fully saturated rings. The summed E-state index contributed by atoms with van der Waals surface area (Å²) < 4.78 is 1.67. The quantitative estimate of drug-likeness (QED) is 0.805. The van der Waals surface area contributed by atoms with Crippen LogP contribution in [0.3, 0.4) is 0 Å². The summed E-state index contributed by atoms with van der Waals surface area (Å²) in [7, 11) is 3.58. The number of amides is 1. The highest BCUT2D eigenvalue weighted by molar-refractivity contribution is 5.95. The Morgan fingerprint density at radius 3 is 2.81 bits per heavy atom. The maximum Gasteiger partial charge on any atom is 0.257 e. The van der Waals surface area contributed by atoms with Crippen LogP contribution in [0.2, 0.25) is 0 Å². The Balaban J connectivity index is 2.86. The molecule has 1 amide bonds. The van der Waals surface area contributed by atoms with Gasteiger partial charge >= 0.3 is 0 Å². The van der Waals surface area contributed by atoms with Crippen molar-refractivity contribution >= 4 is 5.91 Å². The van der Waals surface area contributed by atoms with Gasteiger partial charge < -0.3 is 10.6 Å². The lowest BCUT2D eigenvalue weighted by Crippen LogP contribution is -2.37. The van der Waals surface area contributed by atoms with Gasteiger partial charge in [-0.3, -0.25) is 9.48 Å². The zero-order valence-electron chi connectivity index (χ0n) is 10.4. The Bertz CT molecular complexity index is 370. The summed E-state index contributed by atoms with van der Waals surface area (Å²) in [4.78, 5) is 13.7. The molecule has 1 aromatic rings. The molecule has 1 rings (SSSR count). The Morgan fingerprint density at radius 1 is 1.69 bits per heavy atom. The number of nitrogens with two attached hydrogens (primary N) is 1. The van der Waals surface area contributed by atoms with Gasteiger partial charge in [0, 0.05) is 32.9 Å². The maximum atomic E-state index is 12.1. The van der Waals surface area contributed by atoms with Crippen LogP contribution in [0.4, 0.5) is 0 Å². The van der Waals surface area contributed by atoms with E-state index in [1.165, 1.54) is 0 Å². The first kappa shape index (κ1) is 12.7. The molecule has 1 aromatic heterocycles. The van der Waals surface area contributed by atoms with E-state index in [1.54, 1.807) is 22.8 Å². The van der Waals surface area contributed by atoms with Gasteiger partial charge in [0.05, 0.1) is 11.3 Å². The first-order valence-corrected chi connectivity index (χ1v) is 5.49. The number of nitrogens with zero attached hydrogens (tertiary/aromatic N) is 3. The van der Waals surface area contributed by atoms with Crippen molar-refractivity contribution in [1.29, 1.82) is 0 Å². The number of hydrogen-bond donors (Lipinski definition) is 1. The molecular formula is C11H20N4O. The first-order chi connectivity index (χ1) is 7.45. The molecule has 1 atom stereocenters. The van der Waals surface area contributed by atoms with Crippen LogP contribution in [0.15, 0.2) is 6.20 Å². The molecule has 1 unspecified atom stereocenters. The fourth-order valence-corrected chi connectivity index (χ4v) is 1.69. The summed E-state index contributed by atoms with van der Waals surface area (Å²) in [5.74, 6) is -0.0118. The third-order valence-corrected chi connectivity index (χ3v) is 2.38. The molecule has 16 heavy (non-hydrogen) atoms. The minimum Gasteiger partial charge on any atom is -0.340 e. The molecule has 5 nitrogen and oxygen atoms in total. The summed E-state index contributed by atoms with van der Waals surface area (Å²) in [6.07, 6.45) is 2.52. The Kier molecular flexibility index (Phi) is 4.06. The number of carbonyl (C=O) groups is 1. The number of carbonyl (C=O) groups excluding carboxylic acids is 1. The number of aromatic nitrogens is 2. The van der Waals surface area contributed by atoms with Crippen LogP contribution in [0.25, 0.3) is 0 Å². The van der Waals surface area contributed by atoms with Crippen molar-refractivity contribution in [1.82, 2.24) is 14.7 Å². The second-order valence-electron chi connectivity index (χ2n) is 4.18. The van der Waals surface area contributed by atoms with Crippen molar-refractivity contribution in [2.75, 3.05) is 13.6 Å². The van der Waals surface area contributed by atoms with Crippen LogP contribution < -0.4 is 5.73 Å². The largest absolute Gasteiger partial charge is 0.340 e. The molecule has 0 radical (unpaired) electrons. The molecule has 2 N–H and O–H groups in total. The minimum atomic E-state index is -0.0179. The average Bonchev–Trinajstić information content (AvgIpc) is 2.57. The molecule has 0 saturated carbocycles. The predicted octanol–water partition coefficient (Wildman–Crippen LogP) is 0.402. The van der Waals surface area contributed by atoms with Crippen molar-refractivity contribution in [2.45, 2.75) is 26.3 Å². The van der Waals surface area contributed by atoms with Gasteiger partial charge in [-0.05, 0) is 13.3 Å². The van der Waals surface area contributed by atoms with Gasteiger partial charge in [0.15, 0.2) is 0 Å². The van der Waals surface area contributed by atoms with E-state index in [9.17, 15) is 4.79 Å². The number of hydrogen-bond acceptors (Lipinski definition) is 3. The molecule has 90 valence electrons. The zero-order valence-corrected chi connectivity index (χ0v) is 10.4. The van der Waals surface area contributed by atoms with Crippen LogP contribution in [0.1, 0.15) is 29.9 Å². The van der Waals surface area contributed by atoms with Crippen LogP contribution >= 0.6 is 0 Å². The minimum absolute atomic E-state index is 0.0118. The molecule has 0 spiro atoms. The second kappa shape index (κ2) is 5.12. The summed E-state index contributed by atoms with van der Waals surface area (Å²) >= 11 is 0. The molecular weight excluding hydrogens is 204 g/mol. The average molecular weight is 224 g/mol. The molecule has 0 saturated heterocycles. The summed E-state index contributed by atoms with van der Waals surface area (Å²) in [6, 6.07) is -0.0179. The highest BCUT2D eigenvalue weighted by atomic mass is 16.2. The normalized spacial score (nSPS) is 12.6. The third kappa shape index (κ3) is 2.82. The van der Waals surface area contributed by atoms with Gasteiger partial charge in [-0.1, -0.05) is 6.92 Å². The Hall–Kier alpha value is -1.36. The zero-order chi connectivity index (χ0) is 12.3. The molecule has 0 bridgehead atoms. The van der Waals surface area contributed by atoms with Crippen LogP contribution in [-0.4, -0.2) is 40.2 Å². The summed E-state index contributed by atoms with van der Waals surface area (Å²) in [6.45, 7) is 4.43. The molecule has 0 aliphatic heterocycles. The van der Waals surface area contributed by atoms with E-state index in [0.29, 0.717) is 12.1 Å². The monoisotopic (exact) mass is 224 g/mol. The first-order valence-electron chi connectivity index (χ1n) is 5.49. The van der Waals surface area contributed by atoms with E-state index in [4.69, 9.17) is 5.73 Å². The van der Waals surface area contributed by atoms with Crippen molar-refractivity contribution in [3.8, 4) is 0 Å². The fraction of sp³-hybridized carbons (Fsp3) is 0.636. The maximum absolute atomic E-state index is 12.1. The van der Waals surface area contributed by atoms with Gasteiger partial charge in [0.2, 0.25) is 0 Å². The van der Waals surface area contributed by atoms with Crippen LogP contribution in [0.5, 0.6) is 0 Å². The standard InChI is InChI=1S/C11H20N4O/c1-5-10-9(7-15(4)13-10)11(16)14(3)6-8(2)12/h7-8H,5-6,12H2,1-4H3. The van der Waals surface area contributed by atoms with E-state index < -0.39 is 0 Å². The van der Waals surface area contributed by atoms with Gasteiger partial charge in [0.1, 0.15) is 0 Å². The van der Waals surface area contributed by atoms with Crippen molar-refractivity contribution in [3.63, 3.8) is 0 Å². The number of rotatable bonds is 4. The third-order valence-electron chi connectivity index (χ3n) is 2.38. The number of likely N-dealkylation sites (N-methyl/N-ethyl adjacent to an activating group) is 1. The van der Waals surface area contributed by atoms with E-state index in [2.05, 4.69) is 5.10 Å². The van der Waals surface area contributed by atoms with Crippen molar-refractivity contribution < 1.29 is 4.79 Å². The Labute approximate surface area is 96.2 Å². The fourth-order valence-electron chi connectivity index (χ4n) is 1.69. The van der Waals surface area contributed by atoms with Gasteiger partial charge in [-0.25, -0.2) is 0 Å². The number of aryl methyl sites for hydroxylation is 2. The highest BCUT2D eigenvalue weighted by Gasteiger charge is 2.18. The second-order valence-corrected chi connectivity index (χ2v) is 4.18. The van der Waals surface area contributed by atoms with E-state index in [0.717, 1.165) is 12.1 Å². The highest BCUT2D eigenvalue weighted by Crippen LogP contribution is 2.10. The molecule has 1 heterocycles. The van der Waals surface area contributed by atoms with Crippen molar-refractivity contribution in [2.24, 2.45) is 12.8 Å². The van der Waals surface area contributed by atoms with E-state index >= 15 is 0 Å². The lowest BCUT2D eigenvalue weighted by Gasteiger charge is -2.18. The lowest BCUT2D eigenvalue weighted by atomic mass is 10.2. The van der Waals surface area contributed by atoms with Crippen LogP contribution in [0, 0.1) is 0 Å². The molecule has 0 aliphatic rings. The van der Waals surface area contributed by atoms with E-state index in [1.807, 2.05) is 20.9 Å². The van der Waals surface area contributed by atoms with Gasteiger partial charge in [-0.2, -0.15) is 5.10 Å². The SMILES string of the molecule is CCc1nn(C)cc1C(=O)N(C)CC(C)N. The van der Waals surface area contributed by atoms with E-state index in [-0.39, 0.29) is 11.9 Å². The summed E-state index contributed by atoms with van der Waals surface area (Å²) in [5, 5.41) is 4.25. The molecule has 0 aromatic carbocycles. The lowest BCUT2D eigenvalue weighted by molar-refractivity contribution is 0.0787. The van der Waals surface area contributed by atoms with Crippen molar-refractivity contribution in [3.05, 3.63) is 17.5 Å². The van der Waals surface area contributed by atoms with Gasteiger partial charge in [-0.15, -0.1) is 0 Å².